The van der Waals surface area contributed by atoms with Gasteiger partial charge in [-0.2, -0.15) is 5.26 Å². The second kappa shape index (κ2) is 5.66. The summed E-state index contributed by atoms with van der Waals surface area (Å²) in [5.74, 6) is 0.638. The van der Waals surface area contributed by atoms with Crippen molar-refractivity contribution in [1.29, 1.82) is 5.26 Å². The van der Waals surface area contributed by atoms with Crippen LogP contribution >= 0.6 is 0 Å². The number of aliphatic imine (C=N–C) groups is 1. The highest BCUT2D eigenvalue weighted by molar-refractivity contribution is 6.36. The highest BCUT2D eigenvalue weighted by atomic mass is 16.2. The minimum atomic E-state index is -0.355. The Balaban J connectivity index is 2.57. The van der Waals surface area contributed by atoms with Crippen LogP contribution in [0.3, 0.4) is 0 Å². The average molecular weight is 309 g/mol. The summed E-state index contributed by atoms with van der Waals surface area (Å²) in [7, 11) is 0. The van der Waals surface area contributed by atoms with Crippen molar-refractivity contribution in [2.75, 3.05) is 0 Å². The van der Waals surface area contributed by atoms with E-state index in [1.54, 1.807) is 23.1 Å². The van der Waals surface area contributed by atoms with Gasteiger partial charge in [-0.25, -0.2) is 0 Å². The molecule has 1 amide bonds. The second-order valence-corrected chi connectivity index (χ2v) is 7.70. The smallest absolute Gasteiger partial charge is 0.253 e. The molecule has 0 saturated carbocycles. The van der Waals surface area contributed by atoms with Crippen LogP contribution in [0.15, 0.2) is 35.3 Å². The maximum absolute atomic E-state index is 12.5. The molecule has 0 unspecified atom stereocenters. The largest absolute Gasteiger partial charge is 0.288 e. The molecule has 4 nitrogen and oxygen atoms in total. The number of rotatable bonds is 1. The molecule has 2 rings (SSSR count). The minimum absolute atomic E-state index is 0.0557. The molecule has 0 fully saturated rings. The lowest BCUT2D eigenvalue weighted by Gasteiger charge is -2.34. The summed E-state index contributed by atoms with van der Waals surface area (Å²) >= 11 is 0. The van der Waals surface area contributed by atoms with Crippen LogP contribution in [-0.2, 0) is 4.79 Å². The Morgan fingerprint density at radius 1 is 1.04 bits per heavy atom. The summed E-state index contributed by atoms with van der Waals surface area (Å²) < 4.78 is 0. The summed E-state index contributed by atoms with van der Waals surface area (Å²) in [5, 5.41) is 8.94. The van der Waals surface area contributed by atoms with Crippen molar-refractivity contribution in [3.63, 3.8) is 0 Å². The Morgan fingerprint density at radius 3 is 2.04 bits per heavy atom. The Labute approximate surface area is 138 Å². The van der Waals surface area contributed by atoms with Crippen molar-refractivity contribution in [2.45, 2.75) is 52.6 Å². The molecule has 1 aliphatic heterocycles. The molecule has 0 spiro atoms. The fraction of sp³-hybridized carbons (Fsp3) is 0.421. The lowest BCUT2D eigenvalue weighted by atomic mass is 10.0. The zero-order valence-electron chi connectivity index (χ0n) is 14.6. The summed E-state index contributed by atoms with van der Waals surface area (Å²) in [6.07, 6.45) is 1.64. The first kappa shape index (κ1) is 17.0. The molecule has 120 valence electrons. The molecule has 1 aromatic carbocycles. The SMILES string of the molecule is CC(C)(C)N=C1C(c2ccc(C#N)cc2)=CC(=O)N1C(C)(C)C. The standard InChI is InChI=1S/C19H23N3O/c1-18(2,3)21-17-15(11-16(23)22(17)19(4,5)6)14-9-7-13(12-20)8-10-14/h7-11H,1-6H3. The van der Waals surface area contributed by atoms with Gasteiger partial charge in [-0.3, -0.25) is 14.7 Å². The maximum Gasteiger partial charge on any atom is 0.253 e. The van der Waals surface area contributed by atoms with Gasteiger partial charge in [0, 0.05) is 17.2 Å². The summed E-state index contributed by atoms with van der Waals surface area (Å²) in [6, 6.07) is 9.35. The van der Waals surface area contributed by atoms with Crippen LogP contribution in [-0.4, -0.2) is 27.7 Å². The Morgan fingerprint density at radius 2 is 1.61 bits per heavy atom. The first-order valence-corrected chi connectivity index (χ1v) is 7.69. The van der Waals surface area contributed by atoms with Crippen molar-refractivity contribution < 1.29 is 4.79 Å². The number of amides is 1. The van der Waals surface area contributed by atoms with Crippen molar-refractivity contribution in [2.24, 2.45) is 4.99 Å². The molecular formula is C19H23N3O. The van der Waals surface area contributed by atoms with E-state index in [0.29, 0.717) is 11.4 Å². The number of hydrogen-bond acceptors (Lipinski definition) is 3. The first-order chi connectivity index (χ1) is 10.5. The fourth-order valence-electron chi connectivity index (χ4n) is 2.49. The van der Waals surface area contributed by atoms with Gasteiger partial charge in [0.15, 0.2) is 0 Å². The molecule has 23 heavy (non-hydrogen) atoms. The Kier molecular flexibility index (Phi) is 4.17. The molecule has 0 aliphatic carbocycles. The zero-order chi connectivity index (χ0) is 17.4. The third-order valence-corrected chi connectivity index (χ3v) is 3.38. The number of nitrogens with zero attached hydrogens (tertiary/aromatic N) is 3. The Bertz CT molecular complexity index is 720. The van der Waals surface area contributed by atoms with Crippen molar-refractivity contribution in [1.82, 2.24) is 4.90 Å². The molecule has 0 radical (unpaired) electrons. The molecule has 1 aromatic rings. The molecular weight excluding hydrogens is 286 g/mol. The third-order valence-electron chi connectivity index (χ3n) is 3.38. The summed E-state index contributed by atoms with van der Waals surface area (Å²) in [5.41, 5.74) is 1.65. The highest BCUT2D eigenvalue weighted by Crippen LogP contribution is 2.31. The fourth-order valence-corrected chi connectivity index (χ4v) is 2.49. The van der Waals surface area contributed by atoms with Crippen LogP contribution in [0.5, 0.6) is 0 Å². The van der Waals surface area contributed by atoms with E-state index in [4.69, 9.17) is 10.3 Å². The van der Waals surface area contributed by atoms with Crippen LogP contribution in [0.2, 0.25) is 0 Å². The lowest BCUT2D eigenvalue weighted by Crippen LogP contribution is -2.46. The van der Waals surface area contributed by atoms with Crippen LogP contribution in [0, 0.1) is 11.3 Å². The van der Waals surface area contributed by atoms with E-state index in [1.165, 1.54) is 0 Å². The number of nitriles is 1. The number of benzene rings is 1. The average Bonchev–Trinajstić information content (AvgIpc) is 2.73. The van der Waals surface area contributed by atoms with Crippen LogP contribution in [0.25, 0.3) is 5.57 Å². The van der Waals surface area contributed by atoms with Gasteiger partial charge in [0.2, 0.25) is 0 Å². The van der Waals surface area contributed by atoms with E-state index in [1.807, 2.05) is 53.7 Å². The molecule has 0 bridgehead atoms. The van der Waals surface area contributed by atoms with Gasteiger partial charge in [0.1, 0.15) is 5.84 Å². The number of hydrogen-bond donors (Lipinski definition) is 0. The van der Waals surface area contributed by atoms with E-state index in [0.717, 1.165) is 11.1 Å². The van der Waals surface area contributed by atoms with Crippen LogP contribution in [0.4, 0.5) is 0 Å². The number of carbonyl (C=O) groups excluding carboxylic acids is 1. The molecule has 1 heterocycles. The highest BCUT2D eigenvalue weighted by Gasteiger charge is 2.38. The van der Waals surface area contributed by atoms with E-state index in [9.17, 15) is 4.79 Å². The predicted octanol–water partition coefficient (Wildman–Crippen LogP) is 3.78. The van der Waals surface area contributed by atoms with Crippen LogP contribution in [0.1, 0.15) is 52.7 Å². The molecule has 1 aliphatic rings. The molecule has 0 atom stereocenters. The zero-order valence-corrected chi connectivity index (χ0v) is 14.6. The monoisotopic (exact) mass is 309 g/mol. The Hall–Kier alpha value is -2.41. The van der Waals surface area contributed by atoms with E-state index >= 15 is 0 Å². The van der Waals surface area contributed by atoms with Crippen LogP contribution < -0.4 is 0 Å². The lowest BCUT2D eigenvalue weighted by molar-refractivity contribution is -0.124. The normalized spacial score (nSPS) is 17.4. The van der Waals surface area contributed by atoms with Gasteiger partial charge >= 0.3 is 0 Å². The summed E-state index contributed by atoms with van der Waals surface area (Å²) in [6.45, 7) is 12.0. The number of carbonyl (C=O) groups is 1. The molecule has 4 heteroatoms. The van der Waals surface area contributed by atoms with E-state index < -0.39 is 0 Å². The summed E-state index contributed by atoms with van der Waals surface area (Å²) in [4.78, 5) is 19.1. The second-order valence-electron chi connectivity index (χ2n) is 7.70. The predicted molar refractivity (Wildman–Crippen MR) is 92.9 cm³/mol. The van der Waals surface area contributed by atoms with E-state index in [-0.39, 0.29) is 17.0 Å². The quantitative estimate of drug-likeness (QED) is 0.792. The van der Waals surface area contributed by atoms with Crippen molar-refractivity contribution >= 4 is 17.3 Å². The minimum Gasteiger partial charge on any atom is -0.288 e. The topological polar surface area (TPSA) is 56.5 Å². The van der Waals surface area contributed by atoms with Gasteiger partial charge in [0.25, 0.3) is 5.91 Å². The first-order valence-electron chi connectivity index (χ1n) is 7.69. The van der Waals surface area contributed by atoms with Gasteiger partial charge < -0.3 is 0 Å². The van der Waals surface area contributed by atoms with Gasteiger partial charge in [-0.1, -0.05) is 12.1 Å². The van der Waals surface area contributed by atoms with E-state index in [2.05, 4.69) is 6.07 Å². The van der Waals surface area contributed by atoms with Crippen molar-refractivity contribution in [3.05, 3.63) is 41.5 Å². The van der Waals surface area contributed by atoms with Crippen molar-refractivity contribution in [3.8, 4) is 6.07 Å². The molecule has 0 N–H and O–H groups in total. The molecule has 0 saturated heterocycles. The maximum atomic E-state index is 12.5. The third kappa shape index (κ3) is 3.68. The van der Waals surface area contributed by atoms with Gasteiger partial charge in [0.05, 0.1) is 17.2 Å². The number of amidine groups is 1. The molecule has 0 aromatic heterocycles. The van der Waals surface area contributed by atoms with Gasteiger partial charge in [-0.15, -0.1) is 0 Å². The van der Waals surface area contributed by atoms with Gasteiger partial charge in [-0.05, 0) is 59.2 Å².